The maximum atomic E-state index is 13.8. The van der Waals surface area contributed by atoms with E-state index >= 15 is 0 Å². The van der Waals surface area contributed by atoms with Crippen LogP contribution in [0.3, 0.4) is 0 Å². The van der Waals surface area contributed by atoms with Crippen LogP contribution in [0.5, 0.6) is 0 Å². The predicted octanol–water partition coefficient (Wildman–Crippen LogP) is 5.46. The first-order valence-electron chi connectivity index (χ1n) is 6.38. The van der Waals surface area contributed by atoms with Crippen molar-refractivity contribution in [3.63, 3.8) is 0 Å². The molecular formula is C16H17BrFN. The zero-order chi connectivity index (χ0) is 13.8. The second-order valence-electron chi connectivity index (χ2n) is 4.64. The van der Waals surface area contributed by atoms with E-state index in [2.05, 4.69) is 59.4 Å². The number of aryl methyl sites for hydroxylation is 1. The number of hydrogen-bond donors (Lipinski definition) is 1. The number of nitrogens with one attached hydrogen (secondary N) is 1. The first kappa shape index (κ1) is 14.1. The van der Waals surface area contributed by atoms with Gasteiger partial charge in [-0.1, -0.05) is 52.7 Å². The first-order valence-corrected chi connectivity index (χ1v) is 7.17. The lowest BCUT2D eigenvalue weighted by atomic mass is 10.0. The number of hydrogen-bond acceptors (Lipinski definition) is 1. The standard InChI is InChI=1S/C16H17BrFN/c1-3-15(12-6-4-11(2)5-7-12)19-16-9-8-13(17)10-14(16)18/h4-10,15,19H,3H2,1-2H3. The van der Waals surface area contributed by atoms with Crippen molar-refractivity contribution in [2.24, 2.45) is 0 Å². The number of anilines is 1. The normalized spacial score (nSPS) is 12.2. The molecule has 0 aromatic heterocycles. The highest BCUT2D eigenvalue weighted by molar-refractivity contribution is 9.10. The van der Waals surface area contributed by atoms with E-state index in [1.165, 1.54) is 17.2 Å². The van der Waals surface area contributed by atoms with Crippen LogP contribution in [0.4, 0.5) is 10.1 Å². The molecular weight excluding hydrogens is 305 g/mol. The third kappa shape index (κ3) is 3.57. The van der Waals surface area contributed by atoms with Gasteiger partial charge in [-0.2, -0.15) is 0 Å². The molecule has 1 N–H and O–H groups in total. The summed E-state index contributed by atoms with van der Waals surface area (Å²) < 4.78 is 14.6. The van der Waals surface area contributed by atoms with Crippen LogP contribution >= 0.6 is 15.9 Å². The molecule has 0 radical (unpaired) electrons. The molecule has 0 bridgehead atoms. The van der Waals surface area contributed by atoms with E-state index in [0.29, 0.717) is 5.69 Å². The van der Waals surface area contributed by atoms with E-state index < -0.39 is 0 Å². The molecule has 0 heterocycles. The summed E-state index contributed by atoms with van der Waals surface area (Å²) in [4.78, 5) is 0. The van der Waals surface area contributed by atoms with Crippen molar-refractivity contribution in [1.82, 2.24) is 0 Å². The van der Waals surface area contributed by atoms with Crippen LogP contribution in [-0.2, 0) is 0 Å². The molecule has 0 aliphatic carbocycles. The fourth-order valence-electron chi connectivity index (χ4n) is 2.01. The summed E-state index contributed by atoms with van der Waals surface area (Å²) in [5.74, 6) is -0.236. The SMILES string of the molecule is CCC(Nc1ccc(Br)cc1F)c1ccc(C)cc1. The molecule has 0 fully saturated rings. The summed E-state index contributed by atoms with van der Waals surface area (Å²) >= 11 is 3.26. The van der Waals surface area contributed by atoms with Gasteiger partial charge >= 0.3 is 0 Å². The van der Waals surface area contributed by atoms with Gasteiger partial charge in [0.25, 0.3) is 0 Å². The summed E-state index contributed by atoms with van der Waals surface area (Å²) in [6, 6.07) is 13.5. The fourth-order valence-corrected chi connectivity index (χ4v) is 2.35. The lowest BCUT2D eigenvalue weighted by molar-refractivity contribution is 0.623. The van der Waals surface area contributed by atoms with Crippen LogP contribution in [0.2, 0.25) is 0 Å². The Balaban J connectivity index is 2.21. The second kappa shape index (κ2) is 6.20. The largest absolute Gasteiger partial charge is 0.376 e. The third-order valence-electron chi connectivity index (χ3n) is 3.15. The van der Waals surface area contributed by atoms with Gasteiger partial charge < -0.3 is 5.32 Å². The Morgan fingerprint density at radius 1 is 1.16 bits per heavy atom. The molecule has 100 valence electrons. The predicted molar refractivity (Wildman–Crippen MR) is 81.9 cm³/mol. The molecule has 2 aromatic rings. The van der Waals surface area contributed by atoms with Gasteiger partial charge in [0.1, 0.15) is 5.82 Å². The lowest BCUT2D eigenvalue weighted by Gasteiger charge is -2.19. The zero-order valence-electron chi connectivity index (χ0n) is 11.1. The van der Waals surface area contributed by atoms with Crippen LogP contribution in [-0.4, -0.2) is 0 Å². The monoisotopic (exact) mass is 321 g/mol. The second-order valence-corrected chi connectivity index (χ2v) is 5.56. The van der Waals surface area contributed by atoms with Crippen molar-refractivity contribution in [1.29, 1.82) is 0 Å². The van der Waals surface area contributed by atoms with Gasteiger partial charge in [-0.05, 0) is 37.1 Å². The highest BCUT2D eigenvalue weighted by Crippen LogP contribution is 2.26. The van der Waals surface area contributed by atoms with E-state index in [1.54, 1.807) is 6.07 Å². The maximum absolute atomic E-state index is 13.8. The molecule has 2 aromatic carbocycles. The molecule has 1 unspecified atom stereocenters. The molecule has 0 spiro atoms. The minimum atomic E-state index is -0.236. The Kier molecular flexibility index (Phi) is 4.59. The van der Waals surface area contributed by atoms with Gasteiger partial charge in [-0.3, -0.25) is 0 Å². The minimum Gasteiger partial charge on any atom is -0.376 e. The van der Waals surface area contributed by atoms with E-state index in [1.807, 2.05) is 6.07 Å². The Morgan fingerprint density at radius 3 is 2.42 bits per heavy atom. The molecule has 0 aliphatic rings. The molecule has 19 heavy (non-hydrogen) atoms. The van der Waals surface area contributed by atoms with Gasteiger partial charge in [0.05, 0.1) is 11.7 Å². The smallest absolute Gasteiger partial charge is 0.147 e. The van der Waals surface area contributed by atoms with Crippen molar-refractivity contribution in [3.8, 4) is 0 Å². The van der Waals surface area contributed by atoms with Gasteiger partial charge in [0.15, 0.2) is 0 Å². The average Bonchev–Trinajstić information content (AvgIpc) is 2.39. The molecule has 0 saturated heterocycles. The average molecular weight is 322 g/mol. The molecule has 2 rings (SSSR count). The molecule has 0 amide bonds. The Bertz CT molecular complexity index is 551. The molecule has 0 aliphatic heterocycles. The van der Waals surface area contributed by atoms with Gasteiger partial charge in [0, 0.05) is 4.47 Å². The Hall–Kier alpha value is -1.35. The van der Waals surface area contributed by atoms with E-state index in [4.69, 9.17) is 0 Å². The van der Waals surface area contributed by atoms with Crippen LogP contribution in [0.1, 0.15) is 30.5 Å². The molecule has 1 atom stereocenters. The van der Waals surface area contributed by atoms with E-state index in [0.717, 1.165) is 10.9 Å². The fraction of sp³-hybridized carbons (Fsp3) is 0.250. The van der Waals surface area contributed by atoms with Crippen molar-refractivity contribution in [3.05, 3.63) is 63.9 Å². The van der Waals surface area contributed by atoms with E-state index in [-0.39, 0.29) is 11.9 Å². The summed E-state index contributed by atoms with van der Waals surface area (Å²) in [5.41, 5.74) is 2.94. The Morgan fingerprint density at radius 2 is 1.84 bits per heavy atom. The van der Waals surface area contributed by atoms with Crippen molar-refractivity contribution in [2.45, 2.75) is 26.3 Å². The van der Waals surface area contributed by atoms with Crippen LogP contribution in [0, 0.1) is 12.7 Å². The zero-order valence-corrected chi connectivity index (χ0v) is 12.7. The van der Waals surface area contributed by atoms with Gasteiger partial charge in [-0.15, -0.1) is 0 Å². The molecule has 3 heteroatoms. The van der Waals surface area contributed by atoms with Crippen molar-refractivity contribution in [2.75, 3.05) is 5.32 Å². The van der Waals surface area contributed by atoms with Crippen LogP contribution in [0.25, 0.3) is 0 Å². The van der Waals surface area contributed by atoms with Crippen LogP contribution in [0.15, 0.2) is 46.9 Å². The molecule has 0 saturated carbocycles. The number of halogens is 2. The summed E-state index contributed by atoms with van der Waals surface area (Å²) in [6.45, 7) is 4.15. The number of rotatable bonds is 4. The number of benzene rings is 2. The topological polar surface area (TPSA) is 12.0 Å². The Labute approximate surface area is 122 Å². The highest BCUT2D eigenvalue weighted by Gasteiger charge is 2.11. The highest BCUT2D eigenvalue weighted by atomic mass is 79.9. The van der Waals surface area contributed by atoms with Gasteiger partial charge in [0.2, 0.25) is 0 Å². The van der Waals surface area contributed by atoms with E-state index in [9.17, 15) is 4.39 Å². The summed E-state index contributed by atoms with van der Waals surface area (Å²) in [6.07, 6.45) is 0.901. The maximum Gasteiger partial charge on any atom is 0.147 e. The molecule has 1 nitrogen and oxygen atoms in total. The first-order chi connectivity index (χ1) is 9.10. The van der Waals surface area contributed by atoms with Gasteiger partial charge in [-0.25, -0.2) is 4.39 Å². The lowest BCUT2D eigenvalue weighted by Crippen LogP contribution is -2.10. The summed E-state index contributed by atoms with van der Waals surface area (Å²) in [7, 11) is 0. The minimum absolute atomic E-state index is 0.122. The van der Waals surface area contributed by atoms with Crippen molar-refractivity contribution >= 4 is 21.6 Å². The summed E-state index contributed by atoms with van der Waals surface area (Å²) in [5, 5.41) is 3.26. The van der Waals surface area contributed by atoms with Crippen LogP contribution < -0.4 is 5.32 Å². The van der Waals surface area contributed by atoms with Crippen molar-refractivity contribution < 1.29 is 4.39 Å². The quantitative estimate of drug-likeness (QED) is 0.788. The third-order valence-corrected chi connectivity index (χ3v) is 3.64.